The predicted molar refractivity (Wildman–Crippen MR) is 185 cm³/mol. The summed E-state index contributed by atoms with van der Waals surface area (Å²) in [6.45, 7) is -0.109. The summed E-state index contributed by atoms with van der Waals surface area (Å²) in [4.78, 5) is 115. The third-order valence-corrected chi connectivity index (χ3v) is 7.68. The number of carbonyl (C=O) groups is 9. The first-order valence-corrected chi connectivity index (χ1v) is 16.9. The van der Waals surface area contributed by atoms with Gasteiger partial charge in [-0.3, -0.25) is 43.2 Å². The standard InChI is InChI=1S/C32H46ClN9O10/c1-18(43)16-42-17-29(49)41-24(12-20-5-3-6-21(33)11-20)31(51)38-13-26(46)37-15-28(48)39-22(30(34)50)7-4-10-35-25(45)9-8-23(32(42)52)40-27(47)14-36-19(2)44/h3,5-6,11,18,22-24,43H,4,7-10,12-17H2,1-2H3,(H2,34,50)(H,35,45)(H,36,44)(H,37,46)(H,38,51)(H,39,48)(H,40,47)(H,41,49). The molecule has 0 bridgehead atoms. The lowest BCUT2D eigenvalue weighted by Gasteiger charge is -2.29. The van der Waals surface area contributed by atoms with E-state index in [1.807, 2.05) is 0 Å². The Hall–Kier alpha value is -5.30. The lowest BCUT2D eigenvalue weighted by Crippen LogP contribution is -2.56. The van der Waals surface area contributed by atoms with Gasteiger partial charge in [-0.25, -0.2) is 0 Å². The molecule has 1 heterocycles. The lowest BCUT2D eigenvalue weighted by molar-refractivity contribution is -0.141. The van der Waals surface area contributed by atoms with Crippen molar-refractivity contribution in [3.05, 3.63) is 34.9 Å². The topological polar surface area (TPSA) is 287 Å². The van der Waals surface area contributed by atoms with Crippen LogP contribution in [0.5, 0.6) is 0 Å². The number of nitrogens with two attached hydrogens (primary N) is 1. The number of carbonyl (C=O) groups excluding carboxylic acids is 9. The number of halogens is 1. The first-order valence-electron chi connectivity index (χ1n) is 16.5. The van der Waals surface area contributed by atoms with Crippen molar-refractivity contribution in [1.82, 2.24) is 42.1 Å². The van der Waals surface area contributed by atoms with E-state index in [-0.39, 0.29) is 45.2 Å². The van der Waals surface area contributed by atoms with Gasteiger partial charge < -0.3 is 53.0 Å². The van der Waals surface area contributed by atoms with Crippen molar-refractivity contribution in [2.24, 2.45) is 5.73 Å². The third kappa shape index (κ3) is 16.6. The molecule has 0 radical (unpaired) electrons. The summed E-state index contributed by atoms with van der Waals surface area (Å²) in [7, 11) is 0. The summed E-state index contributed by atoms with van der Waals surface area (Å²) < 4.78 is 0. The average molecular weight is 752 g/mol. The molecule has 2 rings (SSSR count). The summed E-state index contributed by atoms with van der Waals surface area (Å²) in [5.41, 5.74) is 5.94. The van der Waals surface area contributed by atoms with Crippen molar-refractivity contribution < 1.29 is 48.3 Å². The number of nitrogens with one attached hydrogen (secondary N) is 7. The quantitative estimate of drug-likeness (QED) is 0.124. The number of β-amino-alcohol motifs (C(OH)–C–C–N with tert-alkyl or cyclic N) is 1. The molecule has 52 heavy (non-hydrogen) atoms. The first kappa shape index (κ1) is 42.9. The van der Waals surface area contributed by atoms with Gasteiger partial charge in [-0.2, -0.15) is 0 Å². The number of nitrogens with zero attached hydrogens (tertiary/aromatic N) is 1. The molecule has 1 saturated heterocycles. The Morgan fingerprint density at radius 1 is 0.981 bits per heavy atom. The molecule has 1 fully saturated rings. The van der Waals surface area contributed by atoms with Crippen LogP contribution in [-0.2, 0) is 49.6 Å². The van der Waals surface area contributed by atoms with Crippen molar-refractivity contribution in [3.63, 3.8) is 0 Å². The predicted octanol–water partition coefficient (Wildman–Crippen LogP) is -3.91. The van der Waals surface area contributed by atoms with Gasteiger partial charge in [0, 0.05) is 37.9 Å². The minimum atomic E-state index is -1.39. The van der Waals surface area contributed by atoms with Gasteiger partial charge in [0.05, 0.1) is 32.3 Å². The van der Waals surface area contributed by atoms with Gasteiger partial charge in [0.25, 0.3) is 0 Å². The van der Waals surface area contributed by atoms with E-state index >= 15 is 0 Å². The maximum Gasteiger partial charge on any atom is 0.245 e. The fraction of sp³-hybridized carbons (Fsp3) is 0.531. The van der Waals surface area contributed by atoms with Crippen LogP contribution in [0.1, 0.15) is 45.1 Å². The Kier molecular flexibility index (Phi) is 18.0. The average Bonchev–Trinajstić information content (AvgIpc) is 3.06. The van der Waals surface area contributed by atoms with Crippen molar-refractivity contribution >= 4 is 64.8 Å². The molecule has 9 amide bonds. The molecule has 0 aromatic heterocycles. The molecule has 286 valence electrons. The number of primary amides is 1. The molecule has 0 aliphatic carbocycles. The number of benzene rings is 1. The van der Waals surface area contributed by atoms with Gasteiger partial charge in [0.15, 0.2) is 0 Å². The molecule has 20 heteroatoms. The highest BCUT2D eigenvalue weighted by Gasteiger charge is 2.30. The molecule has 4 unspecified atom stereocenters. The van der Waals surface area contributed by atoms with Crippen LogP contribution in [0.2, 0.25) is 5.02 Å². The summed E-state index contributed by atoms with van der Waals surface area (Å²) in [5, 5.41) is 27.5. The van der Waals surface area contributed by atoms with E-state index in [1.54, 1.807) is 24.3 Å². The Morgan fingerprint density at radius 3 is 2.35 bits per heavy atom. The highest BCUT2D eigenvalue weighted by Crippen LogP contribution is 2.13. The Balaban J connectivity index is 2.41. The second kappa shape index (κ2) is 21.8. The maximum absolute atomic E-state index is 13.8. The van der Waals surface area contributed by atoms with Crippen LogP contribution in [0.15, 0.2) is 24.3 Å². The van der Waals surface area contributed by atoms with E-state index in [9.17, 15) is 48.3 Å². The second-order valence-electron chi connectivity index (χ2n) is 12.1. The van der Waals surface area contributed by atoms with Crippen molar-refractivity contribution in [2.75, 3.05) is 39.3 Å². The lowest BCUT2D eigenvalue weighted by atomic mass is 10.0. The van der Waals surface area contributed by atoms with Crippen molar-refractivity contribution in [1.29, 1.82) is 0 Å². The number of hydrogen-bond acceptors (Lipinski definition) is 10. The molecule has 4 atom stereocenters. The zero-order valence-electron chi connectivity index (χ0n) is 28.9. The van der Waals surface area contributed by atoms with E-state index in [0.717, 1.165) is 4.90 Å². The number of aliphatic hydroxyl groups is 1. The SMILES string of the molecule is CC(=O)NCC(=O)NC1CCC(=O)NCCCC(C(N)=O)NC(=O)CNC(=O)CNC(=O)C(Cc2cccc(Cl)c2)NC(=O)CN(CC(C)O)C1=O. The molecule has 0 saturated carbocycles. The largest absolute Gasteiger partial charge is 0.392 e. The van der Waals surface area contributed by atoms with E-state index in [2.05, 4.69) is 37.2 Å². The van der Waals surface area contributed by atoms with Gasteiger partial charge in [-0.05, 0) is 43.9 Å². The van der Waals surface area contributed by atoms with Crippen LogP contribution in [0.25, 0.3) is 0 Å². The summed E-state index contributed by atoms with van der Waals surface area (Å²) in [5.74, 6) is -6.67. The van der Waals surface area contributed by atoms with E-state index in [1.165, 1.54) is 13.8 Å². The van der Waals surface area contributed by atoms with Gasteiger partial charge in [0.2, 0.25) is 53.2 Å². The summed E-state index contributed by atoms with van der Waals surface area (Å²) in [6.07, 6.45) is -1.56. The molecule has 1 aliphatic heterocycles. The van der Waals surface area contributed by atoms with Crippen LogP contribution in [0.4, 0.5) is 0 Å². The Bertz CT molecular complexity index is 1490. The molecular weight excluding hydrogens is 706 g/mol. The molecule has 0 spiro atoms. The van der Waals surface area contributed by atoms with Crippen LogP contribution >= 0.6 is 11.6 Å². The molecular formula is C32H46ClN9O10. The van der Waals surface area contributed by atoms with Gasteiger partial charge in [0.1, 0.15) is 18.1 Å². The fourth-order valence-electron chi connectivity index (χ4n) is 4.96. The van der Waals surface area contributed by atoms with Crippen LogP contribution in [0.3, 0.4) is 0 Å². The van der Waals surface area contributed by atoms with Gasteiger partial charge >= 0.3 is 0 Å². The number of rotatable bonds is 8. The molecule has 1 aliphatic rings. The second-order valence-corrected chi connectivity index (χ2v) is 12.5. The van der Waals surface area contributed by atoms with Gasteiger partial charge in [-0.1, -0.05) is 23.7 Å². The summed E-state index contributed by atoms with van der Waals surface area (Å²) >= 11 is 6.10. The highest BCUT2D eigenvalue weighted by atomic mass is 35.5. The zero-order chi connectivity index (χ0) is 38.8. The molecule has 1 aromatic carbocycles. The zero-order valence-corrected chi connectivity index (χ0v) is 29.7. The molecule has 19 nitrogen and oxygen atoms in total. The fourth-order valence-corrected chi connectivity index (χ4v) is 5.18. The normalized spacial score (nSPS) is 21.3. The molecule has 10 N–H and O–H groups in total. The highest BCUT2D eigenvalue weighted by molar-refractivity contribution is 6.30. The Labute approximate surface area is 304 Å². The smallest absolute Gasteiger partial charge is 0.245 e. The van der Waals surface area contributed by atoms with E-state index in [4.69, 9.17) is 17.3 Å². The van der Waals surface area contributed by atoms with Crippen LogP contribution in [0, 0.1) is 0 Å². The molecule has 1 aromatic rings. The monoisotopic (exact) mass is 751 g/mol. The number of aliphatic hydroxyl groups excluding tert-OH is 1. The number of hydrogen-bond donors (Lipinski definition) is 9. The first-order chi connectivity index (χ1) is 24.5. The maximum atomic E-state index is 13.8. The van der Waals surface area contributed by atoms with Crippen LogP contribution in [-0.4, -0.2) is 127 Å². The Morgan fingerprint density at radius 2 is 1.69 bits per heavy atom. The third-order valence-electron chi connectivity index (χ3n) is 7.44. The van der Waals surface area contributed by atoms with Crippen molar-refractivity contribution in [3.8, 4) is 0 Å². The minimum Gasteiger partial charge on any atom is -0.392 e. The van der Waals surface area contributed by atoms with E-state index < -0.39 is 104 Å². The van der Waals surface area contributed by atoms with Gasteiger partial charge in [-0.15, -0.1) is 0 Å². The van der Waals surface area contributed by atoms with Crippen LogP contribution < -0.4 is 43.0 Å². The number of amides is 9. The summed E-state index contributed by atoms with van der Waals surface area (Å²) in [6, 6.07) is 2.61. The van der Waals surface area contributed by atoms with E-state index in [0.29, 0.717) is 10.6 Å². The minimum absolute atomic E-state index is 0.0367. The van der Waals surface area contributed by atoms with Crippen molar-refractivity contribution in [2.45, 2.75) is 70.2 Å².